The molecule has 20 heavy (non-hydrogen) atoms. The lowest BCUT2D eigenvalue weighted by molar-refractivity contribution is -0.154. The fraction of sp³-hybridized carbons (Fsp3) is 0.643. The van der Waals surface area contributed by atoms with Crippen LogP contribution in [0.3, 0.4) is 0 Å². The number of rotatable bonds is 3. The Kier molecular flexibility index (Phi) is 4.54. The molecular formula is C14H22N4O2. The molecule has 0 saturated carbocycles. The molecule has 1 unspecified atom stereocenters. The van der Waals surface area contributed by atoms with E-state index in [1.54, 1.807) is 6.20 Å². The van der Waals surface area contributed by atoms with Gasteiger partial charge < -0.3 is 15.0 Å². The van der Waals surface area contributed by atoms with Gasteiger partial charge in [0.1, 0.15) is 0 Å². The van der Waals surface area contributed by atoms with Crippen molar-refractivity contribution in [2.24, 2.45) is 21.3 Å². The van der Waals surface area contributed by atoms with E-state index in [1.807, 2.05) is 24.8 Å². The van der Waals surface area contributed by atoms with E-state index in [9.17, 15) is 4.79 Å². The maximum Gasteiger partial charge on any atom is 0.310 e. The lowest BCUT2D eigenvalue weighted by Gasteiger charge is -2.50. The number of hydrogen-bond acceptors (Lipinski definition) is 4. The van der Waals surface area contributed by atoms with Crippen molar-refractivity contribution >= 4 is 18.6 Å². The quantitative estimate of drug-likeness (QED) is 0.468. The number of ether oxygens (including phenoxy) is 1. The Morgan fingerprint density at radius 3 is 2.95 bits per heavy atom. The van der Waals surface area contributed by atoms with Crippen molar-refractivity contribution in [1.29, 1.82) is 0 Å². The van der Waals surface area contributed by atoms with Crippen molar-refractivity contribution < 1.29 is 9.53 Å². The predicted molar refractivity (Wildman–Crippen MR) is 78.8 cm³/mol. The molecule has 0 aliphatic carbocycles. The molecule has 1 atom stereocenters. The third-order valence-corrected chi connectivity index (χ3v) is 3.91. The third kappa shape index (κ3) is 2.60. The van der Waals surface area contributed by atoms with Crippen LogP contribution in [0.5, 0.6) is 0 Å². The summed E-state index contributed by atoms with van der Waals surface area (Å²) in [5.74, 6) is 0.436. The minimum absolute atomic E-state index is 0.0480. The first-order chi connectivity index (χ1) is 9.66. The molecule has 2 heterocycles. The van der Waals surface area contributed by atoms with Gasteiger partial charge in [-0.1, -0.05) is 6.08 Å². The monoisotopic (exact) mass is 278 g/mol. The van der Waals surface area contributed by atoms with Crippen molar-refractivity contribution in [2.45, 2.75) is 13.8 Å². The van der Waals surface area contributed by atoms with Gasteiger partial charge in [-0.15, -0.1) is 0 Å². The number of allylic oxidation sites excluding steroid dienone is 1. The van der Waals surface area contributed by atoms with Crippen LogP contribution in [-0.2, 0) is 9.53 Å². The second-order valence-electron chi connectivity index (χ2n) is 5.22. The average molecular weight is 278 g/mol. The molecule has 110 valence electrons. The molecule has 2 saturated heterocycles. The van der Waals surface area contributed by atoms with Gasteiger partial charge in [0.25, 0.3) is 0 Å². The van der Waals surface area contributed by atoms with E-state index < -0.39 is 0 Å². The van der Waals surface area contributed by atoms with Crippen molar-refractivity contribution in [2.75, 3.05) is 32.8 Å². The number of nitrogens with one attached hydrogen (secondary N) is 1. The molecule has 2 aliphatic rings. The zero-order chi connectivity index (χ0) is 14.6. The third-order valence-electron chi connectivity index (χ3n) is 3.91. The Balaban J connectivity index is 2.02. The molecule has 2 fully saturated rings. The number of nitrogens with zero attached hydrogens (tertiary/aromatic N) is 3. The Labute approximate surface area is 119 Å². The molecule has 6 heteroatoms. The summed E-state index contributed by atoms with van der Waals surface area (Å²) in [4.78, 5) is 22.2. The van der Waals surface area contributed by atoms with Crippen molar-refractivity contribution in [3.05, 3.63) is 12.3 Å². The summed E-state index contributed by atoms with van der Waals surface area (Å²) < 4.78 is 5.17. The van der Waals surface area contributed by atoms with Crippen molar-refractivity contribution in [3.8, 4) is 0 Å². The van der Waals surface area contributed by atoms with E-state index in [0.717, 1.165) is 19.6 Å². The van der Waals surface area contributed by atoms with Gasteiger partial charge in [0.2, 0.25) is 5.96 Å². The summed E-state index contributed by atoms with van der Waals surface area (Å²) in [5, 5.41) is 3.30. The van der Waals surface area contributed by atoms with Gasteiger partial charge in [0.15, 0.2) is 0 Å². The van der Waals surface area contributed by atoms with E-state index in [-0.39, 0.29) is 17.3 Å². The normalized spacial score (nSPS) is 25.0. The Hall–Kier alpha value is -1.69. The van der Waals surface area contributed by atoms with Gasteiger partial charge in [-0.05, 0) is 20.6 Å². The minimum atomic E-state index is -0.101. The number of hydrogen-bond donors (Lipinski definition) is 1. The van der Waals surface area contributed by atoms with E-state index in [1.165, 1.54) is 0 Å². The molecule has 0 amide bonds. The lowest BCUT2D eigenvalue weighted by atomic mass is 9.71. The number of guanidine groups is 1. The smallest absolute Gasteiger partial charge is 0.310 e. The molecule has 2 aliphatic heterocycles. The van der Waals surface area contributed by atoms with Gasteiger partial charge in [-0.2, -0.15) is 0 Å². The fourth-order valence-corrected chi connectivity index (χ4v) is 2.93. The highest BCUT2D eigenvalue weighted by Crippen LogP contribution is 2.41. The van der Waals surface area contributed by atoms with Crippen molar-refractivity contribution in [3.63, 3.8) is 0 Å². The van der Waals surface area contributed by atoms with E-state index in [2.05, 4.69) is 22.0 Å². The standard InChI is InChI=1S/C14H22N4O2/c1-4-6-17-13(15-3)18-9-14(10-18)8-16-7-11(14)12(19)20-5-2/h4,6,11,16H,3,5,7-10H2,1-2H3/b6-4-,17-13?. The number of aliphatic imine (C=N–C) groups is 2. The molecule has 2 rings (SSSR count). The van der Waals surface area contributed by atoms with Gasteiger partial charge in [0.05, 0.1) is 12.5 Å². The van der Waals surface area contributed by atoms with Crippen LogP contribution in [-0.4, -0.2) is 56.3 Å². The van der Waals surface area contributed by atoms with Crippen molar-refractivity contribution in [1.82, 2.24) is 10.2 Å². The number of likely N-dealkylation sites (tertiary alicyclic amines) is 1. The zero-order valence-electron chi connectivity index (χ0n) is 12.1. The van der Waals surface area contributed by atoms with Gasteiger partial charge in [-0.25, -0.2) is 9.98 Å². The summed E-state index contributed by atoms with van der Waals surface area (Å²) in [6.45, 7) is 10.8. The largest absolute Gasteiger partial charge is 0.466 e. The topological polar surface area (TPSA) is 66.3 Å². The van der Waals surface area contributed by atoms with Crippen LogP contribution in [0.15, 0.2) is 22.3 Å². The van der Waals surface area contributed by atoms with Crippen LogP contribution in [0, 0.1) is 11.3 Å². The summed E-state index contributed by atoms with van der Waals surface area (Å²) in [7, 11) is 0. The number of carbonyl (C=O) groups excluding carboxylic acids is 1. The molecule has 0 bridgehead atoms. The van der Waals surface area contributed by atoms with Crippen LogP contribution in [0.25, 0.3) is 0 Å². The second-order valence-corrected chi connectivity index (χ2v) is 5.22. The molecule has 6 nitrogen and oxygen atoms in total. The first kappa shape index (κ1) is 14.7. The number of esters is 1. The van der Waals surface area contributed by atoms with E-state index in [0.29, 0.717) is 19.1 Å². The molecule has 0 radical (unpaired) electrons. The van der Waals surface area contributed by atoms with Gasteiger partial charge in [0, 0.05) is 37.8 Å². The molecule has 0 aromatic rings. The lowest BCUT2D eigenvalue weighted by Crippen LogP contribution is -2.63. The van der Waals surface area contributed by atoms with Crippen LogP contribution in [0.2, 0.25) is 0 Å². The summed E-state index contributed by atoms with van der Waals surface area (Å²) >= 11 is 0. The Morgan fingerprint density at radius 1 is 1.60 bits per heavy atom. The van der Waals surface area contributed by atoms with E-state index >= 15 is 0 Å². The molecule has 0 aromatic carbocycles. The Bertz CT molecular complexity index is 438. The van der Waals surface area contributed by atoms with Crippen LogP contribution in [0.1, 0.15) is 13.8 Å². The summed E-state index contributed by atoms with van der Waals surface area (Å²) in [6, 6.07) is 0. The number of carbonyl (C=O) groups is 1. The second kappa shape index (κ2) is 6.17. The summed E-state index contributed by atoms with van der Waals surface area (Å²) in [5.41, 5.74) is -0.0480. The van der Waals surface area contributed by atoms with Crippen LogP contribution in [0.4, 0.5) is 0 Å². The SMILES string of the molecule is C=NC(=N/C=C\C)N1CC2(CNCC2C(=O)OCC)C1. The van der Waals surface area contributed by atoms with E-state index in [4.69, 9.17) is 4.74 Å². The highest BCUT2D eigenvalue weighted by Gasteiger charge is 2.55. The highest BCUT2D eigenvalue weighted by atomic mass is 16.5. The van der Waals surface area contributed by atoms with Gasteiger partial charge in [-0.3, -0.25) is 4.79 Å². The molecule has 1 spiro atoms. The first-order valence-electron chi connectivity index (χ1n) is 6.95. The predicted octanol–water partition coefficient (Wildman–Crippen LogP) is 0.661. The minimum Gasteiger partial charge on any atom is -0.466 e. The van der Waals surface area contributed by atoms with Crippen LogP contribution < -0.4 is 5.32 Å². The average Bonchev–Trinajstić information content (AvgIpc) is 2.84. The fourth-order valence-electron chi connectivity index (χ4n) is 2.93. The van der Waals surface area contributed by atoms with Crippen LogP contribution >= 0.6 is 0 Å². The first-order valence-corrected chi connectivity index (χ1v) is 6.95. The molecular weight excluding hydrogens is 256 g/mol. The highest BCUT2D eigenvalue weighted by molar-refractivity contribution is 5.86. The maximum absolute atomic E-state index is 12.0. The zero-order valence-corrected chi connectivity index (χ0v) is 12.1. The maximum atomic E-state index is 12.0. The summed E-state index contributed by atoms with van der Waals surface area (Å²) in [6.07, 6.45) is 3.55. The molecule has 0 aromatic heterocycles. The van der Waals surface area contributed by atoms with Gasteiger partial charge >= 0.3 is 5.97 Å². The molecule has 1 N–H and O–H groups in total. The Morgan fingerprint density at radius 2 is 2.35 bits per heavy atom.